The van der Waals surface area contributed by atoms with Crippen molar-refractivity contribution < 1.29 is 0 Å². The van der Waals surface area contributed by atoms with Crippen LogP contribution in [-0.4, -0.2) is 9.97 Å². The van der Waals surface area contributed by atoms with Crippen molar-refractivity contribution in [2.24, 2.45) is 5.73 Å². The Balaban J connectivity index is 2.24. The first-order valence-electron chi connectivity index (χ1n) is 4.71. The lowest BCUT2D eigenvalue weighted by Gasteiger charge is -2.08. The second-order valence-electron chi connectivity index (χ2n) is 3.08. The molecule has 0 aliphatic heterocycles. The first kappa shape index (κ1) is 9.61. The number of nitrogens with one attached hydrogen (secondary N) is 1. The summed E-state index contributed by atoms with van der Waals surface area (Å²) >= 11 is 0. The number of hydrogen-bond donors (Lipinski definition) is 2. The Morgan fingerprint density at radius 2 is 2.07 bits per heavy atom. The van der Waals surface area contributed by atoms with E-state index in [2.05, 4.69) is 15.3 Å². The highest BCUT2D eigenvalue weighted by Crippen LogP contribution is 2.17. The summed E-state index contributed by atoms with van der Waals surface area (Å²) in [6.07, 6.45) is 4.96. The molecule has 0 bridgehead atoms. The van der Waals surface area contributed by atoms with Crippen molar-refractivity contribution in [3.63, 3.8) is 0 Å². The van der Waals surface area contributed by atoms with Crippen LogP contribution in [0.15, 0.2) is 42.9 Å². The Morgan fingerprint density at radius 3 is 2.80 bits per heavy atom. The monoisotopic (exact) mass is 200 g/mol. The van der Waals surface area contributed by atoms with Crippen LogP contribution in [0.25, 0.3) is 0 Å². The molecule has 2 aromatic rings. The molecule has 0 atom stereocenters. The van der Waals surface area contributed by atoms with Crippen molar-refractivity contribution in [3.05, 3.63) is 48.4 Å². The van der Waals surface area contributed by atoms with Crippen LogP contribution < -0.4 is 11.1 Å². The highest BCUT2D eigenvalue weighted by Gasteiger charge is 2.00. The lowest BCUT2D eigenvalue weighted by Crippen LogP contribution is -2.02. The average molecular weight is 200 g/mol. The van der Waals surface area contributed by atoms with E-state index in [0.717, 1.165) is 17.1 Å². The molecule has 0 amide bonds. The summed E-state index contributed by atoms with van der Waals surface area (Å²) in [5.74, 6) is 0.721. The zero-order valence-corrected chi connectivity index (χ0v) is 8.22. The maximum absolute atomic E-state index is 5.63. The van der Waals surface area contributed by atoms with Gasteiger partial charge in [-0.25, -0.2) is 4.98 Å². The molecular weight excluding hydrogens is 188 g/mol. The Labute approximate surface area is 88.2 Å². The highest BCUT2D eigenvalue weighted by molar-refractivity contribution is 5.59. The van der Waals surface area contributed by atoms with Gasteiger partial charge in [0, 0.05) is 24.6 Å². The van der Waals surface area contributed by atoms with Gasteiger partial charge < -0.3 is 11.1 Å². The molecule has 3 N–H and O–H groups in total. The highest BCUT2D eigenvalue weighted by atomic mass is 15.0. The van der Waals surface area contributed by atoms with E-state index >= 15 is 0 Å². The molecule has 0 aliphatic carbocycles. The van der Waals surface area contributed by atoms with Gasteiger partial charge in [0.25, 0.3) is 0 Å². The lowest BCUT2D eigenvalue weighted by atomic mass is 10.2. The molecule has 1 aromatic carbocycles. The van der Waals surface area contributed by atoms with Crippen LogP contribution in [0.4, 0.5) is 11.5 Å². The van der Waals surface area contributed by atoms with E-state index in [0.29, 0.717) is 6.54 Å². The standard InChI is InChI=1S/C11H12N4/c12-7-9-3-1-2-4-10(9)15-11-8-13-5-6-14-11/h1-6,8H,7,12H2,(H,14,15). The summed E-state index contributed by atoms with van der Waals surface area (Å²) in [5, 5.41) is 3.17. The minimum Gasteiger partial charge on any atom is -0.339 e. The number of rotatable bonds is 3. The van der Waals surface area contributed by atoms with Gasteiger partial charge in [-0.1, -0.05) is 18.2 Å². The van der Waals surface area contributed by atoms with Gasteiger partial charge in [-0.3, -0.25) is 4.98 Å². The summed E-state index contributed by atoms with van der Waals surface area (Å²) in [7, 11) is 0. The molecule has 0 saturated carbocycles. The summed E-state index contributed by atoms with van der Waals surface area (Å²) in [6.45, 7) is 0.503. The fourth-order valence-electron chi connectivity index (χ4n) is 1.32. The number of anilines is 2. The first-order valence-corrected chi connectivity index (χ1v) is 4.71. The number of benzene rings is 1. The largest absolute Gasteiger partial charge is 0.339 e. The SMILES string of the molecule is NCc1ccccc1Nc1cnccn1. The van der Waals surface area contributed by atoms with Crippen molar-refractivity contribution >= 4 is 11.5 Å². The molecule has 4 nitrogen and oxygen atoms in total. The fraction of sp³-hybridized carbons (Fsp3) is 0.0909. The Kier molecular flexibility index (Phi) is 2.90. The second-order valence-corrected chi connectivity index (χ2v) is 3.08. The van der Waals surface area contributed by atoms with Gasteiger partial charge in [0.15, 0.2) is 0 Å². The molecule has 0 saturated heterocycles. The molecule has 2 rings (SSSR count). The van der Waals surface area contributed by atoms with E-state index in [9.17, 15) is 0 Å². The van der Waals surface area contributed by atoms with Crippen molar-refractivity contribution in [2.75, 3.05) is 5.32 Å². The maximum Gasteiger partial charge on any atom is 0.148 e. The zero-order chi connectivity index (χ0) is 10.5. The van der Waals surface area contributed by atoms with Crippen molar-refractivity contribution in [1.82, 2.24) is 9.97 Å². The summed E-state index contributed by atoms with van der Waals surface area (Å²) in [4.78, 5) is 8.12. The Hall–Kier alpha value is -1.94. The molecule has 0 unspecified atom stereocenters. The third-order valence-electron chi connectivity index (χ3n) is 2.06. The quantitative estimate of drug-likeness (QED) is 0.791. The van der Waals surface area contributed by atoms with Crippen LogP contribution in [0.3, 0.4) is 0 Å². The third-order valence-corrected chi connectivity index (χ3v) is 2.06. The van der Waals surface area contributed by atoms with Gasteiger partial charge in [0.05, 0.1) is 6.20 Å². The number of nitrogens with two attached hydrogens (primary N) is 1. The summed E-state index contributed by atoms with van der Waals surface area (Å²) < 4.78 is 0. The van der Waals surface area contributed by atoms with Gasteiger partial charge >= 0.3 is 0 Å². The van der Waals surface area contributed by atoms with E-state index in [1.54, 1.807) is 18.6 Å². The topological polar surface area (TPSA) is 63.8 Å². The Morgan fingerprint density at radius 1 is 1.20 bits per heavy atom. The van der Waals surface area contributed by atoms with E-state index in [4.69, 9.17) is 5.73 Å². The maximum atomic E-state index is 5.63. The van der Waals surface area contributed by atoms with Crippen LogP contribution in [0.2, 0.25) is 0 Å². The minimum absolute atomic E-state index is 0.503. The molecular formula is C11H12N4. The molecule has 0 spiro atoms. The number of aromatic nitrogens is 2. The first-order chi connectivity index (χ1) is 7.40. The van der Waals surface area contributed by atoms with Crippen molar-refractivity contribution in [2.45, 2.75) is 6.54 Å². The van der Waals surface area contributed by atoms with Gasteiger partial charge in [-0.2, -0.15) is 0 Å². The van der Waals surface area contributed by atoms with Gasteiger partial charge in [-0.15, -0.1) is 0 Å². The van der Waals surface area contributed by atoms with Crippen LogP contribution >= 0.6 is 0 Å². The zero-order valence-electron chi connectivity index (χ0n) is 8.22. The van der Waals surface area contributed by atoms with E-state index in [1.165, 1.54) is 0 Å². The Bertz CT molecular complexity index is 428. The number of para-hydroxylation sites is 1. The lowest BCUT2D eigenvalue weighted by molar-refractivity contribution is 1.07. The molecule has 15 heavy (non-hydrogen) atoms. The molecule has 0 aliphatic rings. The van der Waals surface area contributed by atoms with Crippen molar-refractivity contribution in [1.29, 1.82) is 0 Å². The summed E-state index contributed by atoms with van der Waals surface area (Å²) in [5.41, 5.74) is 7.66. The normalized spacial score (nSPS) is 9.93. The second kappa shape index (κ2) is 4.52. The fourth-order valence-corrected chi connectivity index (χ4v) is 1.32. The van der Waals surface area contributed by atoms with E-state index in [-0.39, 0.29) is 0 Å². The molecule has 4 heteroatoms. The van der Waals surface area contributed by atoms with Crippen LogP contribution in [-0.2, 0) is 6.54 Å². The predicted octanol–water partition coefficient (Wildman–Crippen LogP) is 1.68. The van der Waals surface area contributed by atoms with Crippen LogP contribution in [0.5, 0.6) is 0 Å². The average Bonchev–Trinajstić information content (AvgIpc) is 2.31. The van der Waals surface area contributed by atoms with Gasteiger partial charge in [0.2, 0.25) is 0 Å². The molecule has 0 fully saturated rings. The molecule has 0 radical (unpaired) electrons. The molecule has 1 aromatic heterocycles. The van der Waals surface area contributed by atoms with Crippen LogP contribution in [0, 0.1) is 0 Å². The number of hydrogen-bond acceptors (Lipinski definition) is 4. The smallest absolute Gasteiger partial charge is 0.148 e. The third kappa shape index (κ3) is 2.30. The minimum atomic E-state index is 0.503. The van der Waals surface area contributed by atoms with Crippen LogP contribution in [0.1, 0.15) is 5.56 Å². The molecule has 76 valence electrons. The predicted molar refractivity (Wildman–Crippen MR) is 59.6 cm³/mol. The molecule has 1 heterocycles. The van der Waals surface area contributed by atoms with Gasteiger partial charge in [-0.05, 0) is 11.6 Å². The van der Waals surface area contributed by atoms with Gasteiger partial charge in [0.1, 0.15) is 5.82 Å². The van der Waals surface area contributed by atoms with E-state index < -0.39 is 0 Å². The summed E-state index contributed by atoms with van der Waals surface area (Å²) in [6, 6.07) is 7.87. The van der Waals surface area contributed by atoms with E-state index in [1.807, 2.05) is 24.3 Å². The number of nitrogens with zero attached hydrogens (tertiary/aromatic N) is 2. The van der Waals surface area contributed by atoms with Crippen molar-refractivity contribution in [3.8, 4) is 0 Å².